The van der Waals surface area contributed by atoms with Crippen LogP contribution in [0.2, 0.25) is 5.02 Å². The van der Waals surface area contributed by atoms with Crippen molar-refractivity contribution in [2.45, 2.75) is 25.7 Å². The Balaban J connectivity index is 1.83. The number of nitrogens with zero attached hydrogens (tertiary/aromatic N) is 2. The normalized spacial score (nSPS) is 19.5. The number of aromatic nitrogens is 1. The summed E-state index contributed by atoms with van der Waals surface area (Å²) in [4.78, 5) is 28.7. The average Bonchev–Trinajstić information content (AvgIpc) is 3.04. The third-order valence-corrected chi connectivity index (χ3v) is 5.59. The van der Waals surface area contributed by atoms with Gasteiger partial charge in [0.25, 0.3) is 0 Å². The van der Waals surface area contributed by atoms with Crippen molar-refractivity contribution in [2.24, 2.45) is 11.8 Å². The largest absolute Gasteiger partial charge is 0.481 e. The van der Waals surface area contributed by atoms with E-state index in [1.165, 1.54) is 0 Å². The van der Waals surface area contributed by atoms with Crippen molar-refractivity contribution in [3.63, 3.8) is 0 Å². The van der Waals surface area contributed by atoms with Gasteiger partial charge in [0.1, 0.15) is 16.6 Å². The number of carboxylic acids is 1. The number of nitrogens with one attached hydrogen (secondary N) is 1. The first-order valence-electron chi connectivity index (χ1n) is 8.20. The van der Waals surface area contributed by atoms with Crippen molar-refractivity contribution < 1.29 is 14.7 Å². The van der Waals surface area contributed by atoms with Gasteiger partial charge in [0.2, 0.25) is 5.91 Å². The number of anilines is 1. The molecule has 1 aliphatic carbocycles. The molecular weight excluding hydrogens is 374 g/mol. The lowest BCUT2D eigenvalue weighted by molar-refractivity contribution is -0.147. The van der Waals surface area contributed by atoms with Gasteiger partial charge in [-0.05, 0) is 25.0 Å². The summed E-state index contributed by atoms with van der Waals surface area (Å²) < 4.78 is 0. The lowest BCUT2D eigenvalue weighted by Crippen LogP contribution is -2.36. The van der Waals surface area contributed by atoms with Crippen LogP contribution in [0.1, 0.15) is 30.6 Å². The van der Waals surface area contributed by atoms with Gasteiger partial charge in [0.05, 0.1) is 11.8 Å². The molecule has 1 amide bonds. The predicted octanol–water partition coefficient (Wildman–Crippen LogP) is 4.16. The number of hydrogen-bond acceptors (Lipinski definition) is 5. The molecule has 0 bridgehead atoms. The second-order valence-electron chi connectivity index (χ2n) is 6.14. The van der Waals surface area contributed by atoms with Gasteiger partial charge in [-0.15, -0.1) is 0 Å². The van der Waals surface area contributed by atoms with Crippen LogP contribution in [0.3, 0.4) is 0 Å². The molecule has 2 N–H and O–H groups in total. The van der Waals surface area contributed by atoms with Crippen molar-refractivity contribution in [3.05, 3.63) is 34.2 Å². The second-order valence-corrected chi connectivity index (χ2v) is 7.58. The summed E-state index contributed by atoms with van der Waals surface area (Å²) in [6.45, 7) is 0. The molecule has 0 aliphatic heterocycles. The fourth-order valence-corrected chi connectivity index (χ4v) is 4.20. The number of hydrogen-bond donors (Lipinski definition) is 2. The third kappa shape index (κ3) is 3.87. The third-order valence-electron chi connectivity index (χ3n) is 4.48. The lowest BCUT2D eigenvalue weighted by Gasteiger charge is -2.26. The van der Waals surface area contributed by atoms with Crippen LogP contribution < -0.4 is 5.32 Å². The van der Waals surface area contributed by atoms with E-state index in [1.54, 1.807) is 24.3 Å². The molecule has 0 unspecified atom stereocenters. The summed E-state index contributed by atoms with van der Waals surface area (Å²) in [6.07, 6.45) is 2.69. The molecule has 1 aliphatic rings. The number of benzene rings is 1. The first kappa shape index (κ1) is 18.4. The second kappa shape index (κ2) is 7.85. The molecule has 0 spiro atoms. The summed E-state index contributed by atoms with van der Waals surface area (Å²) in [5.74, 6) is -2.55. The van der Waals surface area contributed by atoms with E-state index in [1.807, 2.05) is 0 Å². The topological polar surface area (TPSA) is 103 Å². The Morgan fingerprint density at radius 1 is 1.31 bits per heavy atom. The maximum absolute atomic E-state index is 12.6. The van der Waals surface area contributed by atoms with E-state index in [0.29, 0.717) is 34.0 Å². The van der Waals surface area contributed by atoms with Gasteiger partial charge in [0, 0.05) is 10.6 Å². The zero-order valence-electron chi connectivity index (χ0n) is 13.7. The number of carbonyl (C=O) groups is 2. The Morgan fingerprint density at radius 3 is 2.69 bits per heavy atom. The molecule has 2 aromatic rings. The highest BCUT2D eigenvalue weighted by Gasteiger charge is 2.36. The fraction of sp³-hybridized carbons (Fsp3) is 0.333. The van der Waals surface area contributed by atoms with E-state index in [9.17, 15) is 20.0 Å². The summed E-state index contributed by atoms with van der Waals surface area (Å²) in [5, 5.41) is 22.2. The molecule has 1 aromatic carbocycles. The monoisotopic (exact) mass is 389 g/mol. The molecule has 8 heteroatoms. The summed E-state index contributed by atoms with van der Waals surface area (Å²) in [7, 11) is 0. The first-order chi connectivity index (χ1) is 12.5. The number of nitriles is 1. The molecule has 26 heavy (non-hydrogen) atoms. The molecule has 6 nitrogen and oxygen atoms in total. The molecule has 1 saturated carbocycles. The minimum Gasteiger partial charge on any atom is -0.481 e. The standard InChI is InChI=1S/C18H16ClN3O3S/c19-11-5-3-4-10(8-11)15-14(9-20)26-18(21-15)22-16(23)12-6-1-2-7-13(12)17(24)25/h3-5,8,12-13H,1-2,6-7H2,(H,24,25)(H,21,22,23)/t12-,13-/m1/s1. The Labute approximate surface area is 159 Å². The SMILES string of the molecule is N#Cc1sc(NC(=O)[C@@H]2CCCC[C@H]2C(=O)O)nc1-c1cccc(Cl)c1. The molecule has 0 radical (unpaired) electrons. The highest BCUT2D eigenvalue weighted by atomic mass is 35.5. The predicted molar refractivity (Wildman–Crippen MR) is 99.0 cm³/mol. The Kier molecular flexibility index (Phi) is 5.55. The summed E-state index contributed by atoms with van der Waals surface area (Å²) in [6, 6.07) is 9.05. The molecule has 134 valence electrons. The van der Waals surface area contributed by atoms with Crippen LogP contribution >= 0.6 is 22.9 Å². The minimum atomic E-state index is -0.943. The van der Waals surface area contributed by atoms with Crippen molar-refractivity contribution in [2.75, 3.05) is 5.32 Å². The zero-order chi connectivity index (χ0) is 18.7. The molecule has 1 aromatic heterocycles. The zero-order valence-corrected chi connectivity index (χ0v) is 15.3. The van der Waals surface area contributed by atoms with Crippen LogP contribution in [0.25, 0.3) is 11.3 Å². The van der Waals surface area contributed by atoms with Gasteiger partial charge >= 0.3 is 5.97 Å². The number of halogens is 1. The van der Waals surface area contributed by atoms with Crippen LogP contribution in [-0.4, -0.2) is 22.0 Å². The van der Waals surface area contributed by atoms with Gasteiger partial charge in [-0.25, -0.2) is 4.98 Å². The van der Waals surface area contributed by atoms with Crippen LogP contribution in [0.4, 0.5) is 5.13 Å². The van der Waals surface area contributed by atoms with E-state index in [4.69, 9.17) is 11.6 Å². The van der Waals surface area contributed by atoms with Crippen LogP contribution in [0.15, 0.2) is 24.3 Å². The Morgan fingerprint density at radius 2 is 2.04 bits per heavy atom. The number of carbonyl (C=O) groups excluding carboxylic acids is 1. The van der Waals surface area contributed by atoms with E-state index in [0.717, 1.165) is 24.2 Å². The summed E-state index contributed by atoms with van der Waals surface area (Å²) >= 11 is 7.06. The Hall–Kier alpha value is -2.43. The van der Waals surface area contributed by atoms with Gasteiger partial charge in [-0.2, -0.15) is 5.26 Å². The maximum Gasteiger partial charge on any atom is 0.307 e. The maximum atomic E-state index is 12.6. The summed E-state index contributed by atoms with van der Waals surface area (Å²) in [5.41, 5.74) is 1.14. The quantitative estimate of drug-likeness (QED) is 0.816. The molecule has 1 heterocycles. The first-order valence-corrected chi connectivity index (χ1v) is 9.39. The van der Waals surface area contributed by atoms with E-state index in [2.05, 4.69) is 16.4 Å². The fourth-order valence-electron chi connectivity index (χ4n) is 3.22. The van der Waals surface area contributed by atoms with Gasteiger partial charge in [-0.3, -0.25) is 9.59 Å². The average molecular weight is 390 g/mol. The number of carboxylic acid groups (broad SMARTS) is 1. The van der Waals surface area contributed by atoms with Gasteiger partial charge in [0.15, 0.2) is 5.13 Å². The minimum absolute atomic E-state index is 0.288. The highest BCUT2D eigenvalue weighted by molar-refractivity contribution is 7.16. The molecule has 0 saturated heterocycles. The van der Waals surface area contributed by atoms with Crippen molar-refractivity contribution >= 4 is 39.9 Å². The Bertz CT molecular complexity index is 890. The molecule has 3 rings (SSSR count). The molecule has 2 atom stereocenters. The van der Waals surface area contributed by atoms with E-state index >= 15 is 0 Å². The van der Waals surface area contributed by atoms with Crippen LogP contribution in [0.5, 0.6) is 0 Å². The number of amides is 1. The van der Waals surface area contributed by atoms with Crippen molar-refractivity contribution in [1.29, 1.82) is 5.26 Å². The van der Waals surface area contributed by atoms with E-state index < -0.39 is 17.8 Å². The lowest BCUT2D eigenvalue weighted by atomic mass is 9.79. The smallest absolute Gasteiger partial charge is 0.307 e. The molecule has 1 fully saturated rings. The van der Waals surface area contributed by atoms with Gasteiger partial charge < -0.3 is 10.4 Å². The van der Waals surface area contributed by atoms with Gasteiger partial charge in [-0.1, -0.05) is 47.9 Å². The molecular formula is C18H16ClN3O3S. The van der Waals surface area contributed by atoms with Crippen LogP contribution in [-0.2, 0) is 9.59 Å². The van der Waals surface area contributed by atoms with Crippen molar-refractivity contribution in [3.8, 4) is 17.3 Å². The number of rotatable bonds is 4. The number of thiazole rings is 1. The van der Waals surface area contributed by atoms with Crippen molar-refractivity contribution in [1.82, 2.24) is 4.98 Å². The highest BCUT2D eigenvalue weighted by Crippen LogP contribution is 2.34. The van der Waals surface area contributed by atoms with Crippen LogP contribution in [0, 0.1) is 23.2 Å². The van der Waals surface area contributed by atoms with E-state index in [-0.39, 0.29) is 11.0 Å². The number of aliphatic carboxylic acids is 1.